The van der Waals surface area contributed by atoms with E-state index in [4.69, 9.17) is 14.1 Å². The minimum Gasteiger partial charge on any atom is -0.544 e. The molecule has 6 heteroatoms. The maximum atomic E-state index is 6.52. The smallest absolute Gasteiger partial charge is 0.250 e. The van der Waals surface area contributed by atoms with E-state index in [1.807, 2.05) is 0 Å². The van der Waals surface area contributed by atoms with Crippen LogP contribution in [0.15, 0.2) is 59.1 Å². The molecule has 0 bridgehead atoms. The van der Waals surface area contributed by atoms with Crippen molar-refractivity contribution in [3.05, 3.63) is 60.4 Å². The normalized spacial score (nSPS) is 18.4. The summed E-state index contributed by atoms with van der Waals surface area (Å²) in [5.74, 6) is 5.04. The standard InChI is InChI=1S/C29H38N2O2SSi/c1-29(2,3)35(4,5)33-24-15-13-22(14-16-24)26-25(21-9-7-6-8-10-21)28(32-30-26)27(23-11-12-23)31-17-19-34-20-18-31/h6-10,13-16,23,27H,11-12,17-20H2,1-5H3. The highest BCUT2D eigenvalue weighted by Crippen LogP contribution is 2.49. The minimum atomic E-state index is -1.88. The first kappa shape index (κ1) is 24.7. The van der Waals surface area contributed by atoms with Gasteiger partial charge in [-0.3, -0.25) is 4.90 Å². The molecule has 2 heterocycles. The second-order valence-electron chi connectivity index (χ2n) is 11.5. The lowest BCUT2D eigenvalue weighted by atomic mass is 9.94. The summed E-state index contributed by atoms with van der Waals surface area (Å²) in [6, 6.07) is 19.4. The molecule has 4 nitrogen and oxygen atoms in total. The number of thioether (sulfide) groups is 1. The van der Waals surface area contributed by atoms with Crippen molar-refractivity contribution in [3.8, 4) is 28.1 Å². The second kappa shape index (κ2) is 9.79. The molecule has 0 radical (unpaired) electrons. The Kier molecular flexibility index (Phi) is 6.90. The lowest BCUT2D eigenvalue weighted by Gasteiger charge is -2.36. The molecule has 2 aliphatic rings. The summed E-state index contributed by atoms with van der Waals surface area (Å²) in [6.45, 7) is 13.6. The molecule has 1 atom stereocenters. The van der Waals surface area contributed by atoms with E-state index < -0.39 is 8.32 Å². The zero-order valence-corrected chi connectivity index (χ0v) is 23.5. The van der Waals surface area contributed by atoms with Crippen molar-refractivity contribution in [2.75, 3.05) is 24.6 Å². The van der Waals surface area contributed by atoms with Crippen LogP contribution in [0.5, 0.6) is 5.75 Å². The van der Waals surface area contributed by atoms with Crippen LogP contribution in [-0.2, 0) is 0 Å². The molecular formula is C29H38N2O2SSi. The highest BCUT2D eigenvalue weighted by Gasteiger charge is 2.42. The Morgan fingerprint density at radius 2 is 1.63 bits per heavy atom. The van der Waals surface area contributed by atoms with Gasteiger partial charge < -0.3 is 8.95 Å². The van der Waals surface area contributed by atoms with E-state index in [-0.39, 0.29) is 5.04 Å². The maximum absolute atomic E-state index is 6.52. The summed E-state index contributed by atoms with van der Waals surface area (Å²) in [5.41, 5.74) is 4.34. The van der Waals surface area contributed by atoms with Crippen molar-refractivity contribution in [2.24, 2.45) is 5.92 Å². The molecule has 1 saturated heterocycles. The number of benzene rings is 2. The van der Waals surface area contributed by atoms with Crippen LogP contribution >= 0.6 is 11.8 Å². The Bertz CT molecular complexity index is 1130. The Morgan fingerprint density at radius 1 is 0.971 bits per heavy atom. The van der Waals surface area contributed by atoms with E-state index in [0.29, 0.717) is 12.0 Å². The van der Waals surface area contributed by atoms with Crippen molar-refractivity contribution in [1.82, 2.24) is 10.1 Å². The molecule has 1 aliphatic heterocycles. The number of hydrogen-bond donors (Lipinski definition) is 0. The predicted molar refractivity (Wildman–Crippen MR) is 150 cm³/mol. The Balaban J connectivity index is 1.52. The van der Waals surface area contributed by atoms with Crippen LogP contribution in [0.25, 0.3) is 22.4 Å². The molecule has 1 aliphatic carbocycles. The fourth-order valence-corrected chi connectivity index (χ4v) is 6.62. The molecule has 1 unspecified atom stereocenters. The zero-order chi connectivity index (χ0) is 24.6. The van der Waals surface area contributed by atoms with Crippen LogP contribution in [0.2, 0.25) is 18.1 Å². The van der Waals surface area contributed by atoms with Gasteiger partial charge in [-0.05, 0) is 66.7 Å². The third-order valence-electron chi connectivity index (χ3n) is 7.86. The number of aromatic nitrogens is 1. The van der Waals surface area contributed by atoms with Gasteiger partial charge in [0.1, 0.15) is 11.4 Å². The highest BCUT2D eigenvalue weighted by atomic mass is 32.2. The van der Waals surface area contributed by atoms with Gasteiger partial charge in [0.25, 0.3) is 0 Å². The van der Waals surface area contributed by atoms with E-state index in [1.54, 1.807) is 0 Å². The van der Waals surface area contributed by atoms with Crippen LogP contribution < -0.4 is 4.43 Å². The first-order chi connectivity index (χ1) is 16.7. The van der Waals surface area contributed by atoms with E-state index in [2.05, 4.69) is 105 Å². The van der Waals surface area contributed by atoms with E-state index in [1.165, 1.54) is 29.9 Å². The molecule has 2 aromatic carbocycles. The SMILES string of the molecule is CC(C)(C)[Si](C)(C)Oc1ccc(-c2noc(C(C3CC3)N3CCSCC3)c2-c2ccccc2)cc1. The van der Waals surface area contributed by atoms with Gasteiger partial charge in [-0.2, -0.15) is 11.8 Å². The lowest BCUT2D eigenvalue weighted by molar-refractivity contribution is 0.161. The monoisotopic (exact) mass is 506 g/mol. The quantitative estimate of drug-likeness (QED) is 0.305. The average molecular weight is 507 g/mol. The molecule has 0 N–H and O–H groups in total. The second-order valence-corrected chi connectivity index (χ2v) is 17.4. The first-order valence-corrected chi connectivity index (χ1v) is 17.0. The Labute approximate surface area is 215 Å². The summed E-state index contributed by atoms with van der Waals surface area (Å²) in [6.07, 6.45) is 2.55. The molecule has 1 saturated carbocycles. The number of hydrogen-bond acceptors (Lipinski definition) is 5. The number of rotatable bonds is 7. The van der Waals surface area contributed by atoms with Crippen LogP contribution in [-0.4, -0.2) is 43.0 Å². The predicted octanol–water partition coefficient (Wildman–Crippen LogP) is 7.89. The third kappa shape index (κ3) is 5.25. The van der Waals surface area contributed by atoms with Crippen LogP contribution in [0.3, 0.4) is 0 Å². The van der Waals surface area contributed by atoms with Gasteiger partial charge in [0.05, 0.1) is 11.6 Å². The zero-order valence-electron chi connectivity index (χ0n) is 21.7. The summed E-state index contributed by atoms with van der Waals surface area (Å²) in [7, 11) is -1.88. The van der Waals surface area contributed by atoms with Gasteiger partial charge in [0, 0.05) is 30.2 Å². The van der Waals surface area contributed by atoms with Crippen molar-refractivity contribution < 1.29 is 8.95 Å². The molecule has 0 amide bonds. The van der Waals surface area contributed by atoms with Crippen LogP contribution in [0, 0.1) is 5.92 Å². The summed E-state index contributed by atoms with van der Waals surface area (Å²) in [4.78, 5) is 2.64. The molecule has 3 aromatic rings. The third-order valence-corrected chi connectivity index (χ3v) is 13.2. The lowest BCUT2D eigenvalue weighted by Crippen LogP contribution is -2.43. The summed E-state index contributed by atoms with van der Waals surface area (Å²) in [5, 5.41) is 4.86. The largest absolute Gasteiger partial charge is 0.544 e. The molecular weight excluding hydrogens is 468 g/mol. The topological polar surface area (TPSA) is 38.5 Å². The van der Waals surface area contributed by atoms with Crippen molar-refractivity contribution >= 4 is 20.1 Å². The van der Waals surface area contributed by atoms with E-state index in [0.717, 1.165) is 41.4 Å². The van der Waals surface area contributed by atoms with Crippen molar-refractivity contribution in [2.45, 2.75) is 57.8 Å². The van der Waals surface area contributed by atoms with Gasteiger partial charge in [-0.15, -0.1) is 0 Å². The molecule has 0 spiro atoms. The summed E-state index contributed by atoms with van der Waals surface area (Å²) < 4.78 is 12.8. The maximum Gasteiger partial charge on any atom is 0.250 e. The van der Waals surface area contributed by atoms with E-state index in [9.17, 15) is 0 Å². The van der Waals surface area contributed by atoms with Gasteiger partial charge in [-0.25, -0.2) is 0 Å². The van der Waals surface area contributed by atoms with Crippen molar-refractivity contribution in [1.29, 1.82) is 0 Å². The molecule has 5 rings (SSSR count). The highest BCUT2D eigenvalue weighted by molar-refractivity contribution is 7.99. The Morgan fingerprint density at radius 3 is 2.23 bits per heavy atom. The molecule has 186 valence electrons. The fraction of sp³-hybridized carbons (Fsp3) is 0.483. The van der Waals surface area contributed by atoms with Crippen LogP contribution in [0.1, 0.15) is 45.4 Å². The fourth-order valence-electron chi connectivity index (χ4n) is 4.66. The van der Waals surface area contributed by atoms with Gasteiger partial charge >= 0.3 is 0 Å². The molecule has 35 heavy (non-hydrogen) atoms. The van der Waals surface area contributed by atoms with Gasteiger partial charge in [0.2, 0.25) is 8.32 Å². The first-order valence-electron chi connectivity index (χ1n) is 12.9. The van der Waals surface area contributed by atoms with Gasteiger partial charge in [0.15, 0.2) is 5.76 Å². The van der Waals surface area contributed by atoms with Crippen molar-refractivity contribution in [3.63, 3.8) is 0 Å². The Hall–Kier alpha value is -2.02. The number of nitrogens with zero attached hydrogens (tertiary/aromatic N) is 2. The summed E-state index contributed by atoms with van der Waals surface area (Å²) >= 11 is 2.06. The molecule has 2 fully saturated rings. The minimum absolute atomic E-state index is 0.165. The average Bonchev–Trinajstić information content (AvgIpc) is 3.58. The van der Waals surface area contributed by atoms with Gasteiger partial charge in [-0.1, -0.05) is 56.3 Å². The van der Waals surface area contributed by atoms with Crippen LogP contribution in [0.4, 0.5) is 0 Å². The van der Waals surface area contributed by atoms with E-state index >= 15 is 0 Å². The molecule has 1 aromatic heterocycles.